The van der Waals surface area contributed by atoms with Crippen molar-refractivity contribution < 1.29 is 14.3 Å². The van der Waals surface area contributed by atoms with Crippen LogP contribution in [0.2, 0.25) is 0 Å². The van der Waals surface area contributed by atoms with Gasteiger partial charge in [-0.15, -0.1) is 11.3 Å². The van der Waals surface area contributed by atoms with Crippen LogP contribution in [0.5, 0.6) is 0 Å². The van der Waals surface area contributed by atoms with Crippen LogP contribution in [0, 0.1) is 0 Å². The Hall–Kier alpha value is -1.63. The number of unbranched alkanes of at least 4 members (excludes halogenated alkanes) is 2. The number of hydrogen-bond acceptors (Lipinski definition) is 5. The topological polar surface area (TPSA) is 71.5 Å². The van der Waals surface area contributed by atoms with Crippen molar-refractivity contribution in [1.82, 2.24) is 15.2 Å². The third-order valence-electron chi connectivity index (χ3n) is 3.01. The molecule has 6 nitrogen and oxygen atoms in total. The van der Waals surface area contributed by atoms with Crippen LogP contribution in [0.3, 0.4) is 0 Å². The van der Waals surface area contributed by atoms with Gasteiger partial charge >= 0.3 is 12.0 Å². The summed E-state index contributed by atoms with van der Waals surface area (Å²) < 4.78 is 4.92. The van der Waals surface area contributed by atoms with Crippen molar-refractivity contribution in [3.05, 3.63) is 16.1 Å². The molecule has 124 valence electrons. The van der Waals surface area contributed by atoms with Crippen LogP contribution in [0.25, 0.3) is 0 Å². The summed E-state index contributed by atoms with van der Waals surface area (Å²) >= 11 is 1.37. The van der Waals surface area contributed by atoms with Crippen molar-refractivity contribution in [3.63, 3.8) is 0 Å². The average Bonchev–Trinajstić information content (AvgIpc) is 2.95. The average molecular weight is 327 g/mol. The predicted molar refractivity (Wildman–Crippen MR) is 87.1 cm³/mol. The van der Waals surface area contributed by atoms with Gasteiger partial charge in [-0.1, -0.05) is 19.8 Å². The van der Waals surface area contributed by atoms with Gasteiger partial charge in [0, 0.05) is 18.5 Å². The minimum Gasteiger partial charge on any atom is -0.461 e. The van der Waals surface area contributed by atoms with Crippen LogP contribution in [0.4, 0.5) is 4.79 Å². The largest absolute Gasteiger partial charge is 0.461 e. The molecule has 0 fully saturated rings. The summed E-state index contributed by atoms with van der Waals surface area (Å²) in [5, 5.41) is 5.23. The number of nitrogens with zero attached hydrogens (tertiary/aromatic N) is 2. The molecule has 0 aliphatic carbocycles. The Morgan fingerprint density at radius 1 is 1.32 bits per heavy atom. The molecule has 1 heterocycles. The van der Waals surface area contributed by atoms with Crippen molar-refractivity contribution >= 4 is 23.3 Å². The van der Waals surface area contributed by atoms with Gasteiger partial charge in [0.2, 0.25) is 0 Å². The van der Waals surface area contributed by atoms with E-state index in [1.165, 1.54) is 11.3 Å². The molecular formula is C15H25N3O3S. The molecule has 1 rings (SSSR count). The van der Waals surface area contributed by atoms with E-state index in [1.54, 1.807) is 17.2 Å². The number of rotatable bonds is 9. The highest BCUT2D eigenvalue weighted by atomic mass is 32.1. The summed E-state index contributed by atoms with van der Waals surface area (Å²) in [6.07, 6.45) is 3.15. The van der Waals surface area contributed by atoms with Crippen LogP contribution in [0.1, 0.15) is 55.5 Å². The Morgan fingerprint density at radius 3 is 2.73 bits per heavy atom. The molecule has 0 bridgehead atoms. The van der Waals surface area contributed by atoms with Gasteiger partial charge in [0.05, 0.1) is 13.2 Å². The van der Waals surface area contributed by atoms with Crippen molar-refractivity contribution in [2.75, 3.05) is 19.7 Å². The van der Waals surface area contributed by atoms with Crippen molar-refractivity contribution in [2.45, 2.75) is 46.6 Å². The molecule has 0 radical (unpaired) electrons. The molecule has 2 amide bonds. The highest BCUT2D eigenvalue weighted by molar-refractivity contribution is 7.09. The van der Waals surface area contributed by atoms with E-state index in [1.807, 2.05) is 6.92 Å². The van der Waals surface area contributed by atoms with Gasteiger partial charge in [0.25, 0.3) is 0 Å². The lowest BCUT2D eigenvalue weighted by Crippen LogP contribution is -2.40. The summed E-state index contributed by atoms with van der Waals surface area (Å²) in [6.45, 7) is 7.80. The number of esters is 1. The molecule has 0 aliphatic rings. The molecule has 0 atom stereocenters. The molecule has 0 saturated carbocycles. The zero-order chi connectivity index (χ0) is 16.4. The molecule has 0 saturated heterocycles. The van der Waals surface area contributed by atoms with Crippen LogP contribution in [-0.2, 0) is 11.3 Å². The first-order chi connectivity index (χ1) is 10.6. The normalized spacial score (nSPS) is 10.3. The molecule has 0 aliphatic heterocycles. The lowest BCUT2D eigenvalue weighted by Gasteiger charge is -2.21. The molecular weight excluding hydrogens is 302 g/mol. The number of carbonyl (C=O) groups excluding carboxylic acids is 2. The second-order valence-electron chi connectivity index (χ2n) is 4.81. The van der Waals surface area contributed by atoms with Gasteiger partial charge in [-0.3, -0.25) is 0 Å². The first kappa shape index (κ1) is 18.4. The standard InChI is InChI=1S/C15H25N3O3S/c1-4-7-8-9-18(15(20)16-5-2)10-13-17-12(11-22-13)14(19)21-6-3/h11H,4-10H2,1-3H3,(H,16,20). The van der Waals surface area contributed by atoms with Crippen LogP contribution >= 0.6 is 11.3 Å². The second-order valence-corrected chi connectivity index (χ2v) is 5.75. The van der Waals surface area contributed by atoms with Crippen LogP contribution in [0.15, 0.2) is 5.38 Å². The number of thiazole rings is 1. The number of ether oxygens (including phenoxy) is 1. The Kier molecular flexibility index (Phi) is 8.50. The first-order valence-corrected chi connectivity index (χ1v) is 8.64. The second kappa shape index (κ2) is 10.2. The fraction of sp³-hybridized carbons (Fsp3) is 0.667. The molecule has 0 unspecified atom stereocenters. The fourth-order valence-corrected chi connectivity index (χ4v) is 2.69. The fourth-order valence-electron chi connectivity index (χ4n) is 1.91. The molecule has 7 heteroatoms. The number of amides is 2. The van der Waals surface area contributed by atoms with Crippen LogP contribution < -0.4 is 5.32 Å². The quantitative estimate of drug-likeness (QED) is 0.559. The number of urea groups is 1. The number of hydrogen-bond donors (Lipinski definition) is 1. The van der Waals surface area contributed by atoms with E-state index >= 15 is 0 Å². The maximum Gasteiger partial charge on any atom is 0.357 e. The third-order valence-corrected chi connectivity index (χ3v) is 3.84. The molecule has 0 spiro atoms. The van der Waals surface area contributed by atoms with Gasteiger partial charge in [-0.25, -0.2) is 14.6 Å². The Morgan fingerprint density at radius 2 is 2.09 bits per heavy atom. The van der Waals surface area contributed by atoms with Gasteiger partial charge < -0.3 is 15.0 Å². The molecule has 0 aromatic carbocycles. The van der Waals surface area contributed by atoms with E-state index in [0.717, 1.165) is 24.3 Å². The maximum atomic E-state index is 12.1. The maximum absolute atomic E-state index is 12.1. The van der Waals surface area contributed by atoms with E-state index in [-0.39, 0.29) is 6.03 Å². The lowest BCUT2D eigenvalue weighted by molar-refractivity contribution is 0.0520. The van der Waals surface area contributed by atoms with E-state index < -0.39 is 5.97 Å². The number of aromatic nitrogens is 1. The van der Waals surface area contributed by atoms with Gasteiger partial charge in [0.1, 0.15) is 5.01 Å². The Labute approximate surface area is 135 Å². The Balaban J connectivity index is 2.67. The zero-order valence-corrected chi connectivity index (χ0v) is 14.4. The minimum atomic E-state index is -0.416. The Bertz CT molecular complexity index is 476. The highest BCUT2D eigenvalue weighted by Gasteiger charge is 2.17. The van der Waals surface area contributed by atoms with Crippen molar-refractivity contribution in [2.24, 2.45) is 0 Å². The number of carbonyl (C=O) groups is 2. The van der Waals surface area contributed by atoms with E-state index in [4.69, 9.17) is 4.74 Å². The van der Waals surface area contributed by atoms with Gasteiger partial charge in [-0.05, 0) is 20.3 Å². The predicted octanol–water partition coefficient (Wildman–Crippen LogP) is 3.04. The lowest BCUT2D eigenvalue weighted by atomic mass is 10.2. The van der Waals surface area contributed by atoms with Gasteiger partial charge in [-0.2, -0.15) is 0 Å². The first-order valence-electron chi connectivity index (χ1n) is 7.76. The minimum absolute atomic E-state index is 0.0912. The van der Waals surface area contributed by atoms with E-state index in [0.29, 0.717) is 31.9 Å². The van der Waals surface area contributed by atoms with Gasteiger partial charge in [0.15, 0.2) is 5.69 Å². The van der Waals surface area contributed by atoms with E-state index in [2.05, 4.69) is 17.2 Å². The molecule has 1 aromatic heterocycles. The summed E-state index contributed by atoms with van der Waals surface area (Å²) in [4.78, 5) is 29.7. The van der Waals surface area contributed by atoms with Crippen LogP contribution in [-0.4, -0.2) is 41.6 Å². The summed E-state index contributed by atoms with van der Waals surface area (Å²) in [5.74, 6) is -0.416. The zero-order valence-electron chi connectivity index (χ0n) is 13.6. The van der Waals surface area contributed by atoms with Crippen molar-refractivity contribution in [1.29, 1.82) is 0 Å². The number of nitrogens with one attached hydrogen (secondary N) is 1. The third kappa shape index (κ3) is 6.01. The smallest absolute Gasteiger partial charge is 0.357 e. The van der Waals surface area contributed by atoms with E-state index in [9.17, 15) is 9.59 Å². The summed E-state index contributed by atoms with van der Waals surface area (Å²) in [6, 6.07) is -0.0912. The van der Waals surface area contributed by atoms with Crippen molar-refractivity contribution in [3.8, 4) is 0 Å². The molecule has 1 aromatic rings. The molecule has 22 heavy (non-hydrogen) atoms. The summed E-state index contributed by atoms with van der Waals surface area (Å²) in [7, 11) is 0. The highest BCUT2D eigenvalue weighted by Crippen LogP contribution is 2.14. The monoisotopic (exact) mass is 327 g/mol. The molecule has 1 N–H and O–H groups in total. The SMILES string of the molecule is CCCCCN(Cc1nc(C(=O)OCC)cs1)C(=O)NCC. The summed E-state index contributed by atoms with van der Waals surface area (Å²) in [5.41, 5.74) is 0.311.